The van der Waals surface area contributed by atoms with Crippen molar-refractivity contribution in [1.82, 2.24) is 5.32 Å². The Labute approximate surface area is 121 Å². The molecule has 2 heterocycles. The predicted molar refractivity (Wildman–Crippen MR) is 78.5 cm³/mol. The largest absolute Gasteiger partial charge is 0.296 e. The molecule has 0 radical (unpaired) electrons. The Kier molecular flexibility index (Phi) is 3.65. The number of benzene rings is 1. The molecule has 1 aromatic heterocycles. The number of amides is 2. The van der Waals surface area contributed by atoms with Gasteiger partial charge in [-0.15, -0.1) is 11.3 Å². The molecule has 3 nitrogen and oxygen atoms in total. The van der Waals surface area contributed by atoms with E-state index in [1.165, 1.54) is 0 Å². The van der Waals surface area contributed by atoms with E-state index in [0.29, 0.717) is 12.8 Å². The number of carbonyl (C=O) groups is 2. The zero-order valence-corrected chi connectivity index (χ0v) is 11.7. The maximum Gasteiger partial charge on any atom is 0.230 e. The van der Waals surface area contributed by atoms with Gasteiger partial charge in [0, 0.05) is 17.2 Å². The van der Waals surface area contributed by atoms with E-state index in [2.05, 4.69) is 5.32 Å². The fraction of sp³-hybridized carbons (Fsp3) is 0.250. The molecule has 4 heteroatoms. The first-order chi connectivity index (χ1) is 9.74. The molecule has 3 rings (SSSR count). The van der Waals surface area contributed by atoms with Crippen LogP contribution in [0.4, 0.5) is 0 Å². The SMILES string of the molecule is O=C1CC(c2cccs2)C(Cc2ccccc2)C(=O)N1. The van der Waals surface area contributed by atoms with E-state index in [1.54, 1.807) is 11.3 Å². The Balaban J connectivity index is 1.88. The van der Waals surface area contributed by atoms with E-state index >= 15 is 0 Å². The van der Waals surface area contributed by atoms with Crippen LogP contribution in [-0.4, -0.2) is 11.8 Å². The highest BCUT2D eigenvalue weighted by Crippen LogP contribution is 2.35. The normalized spacial score (nSPS) is 22.6. The van der Waals surface area contributed by atoms with Crippen molar-refractivity contribution in [3.05, 3.63) is 58.3 Å². The molecule has 2 atom stereocenters. The topological polar surface area (TPSA) is 46.2 Å². The summed E-state index contributed by atoms with van der Waals surface area (Å²) in [5, 5.41) is 4.46. The minimum Gasteiger partial charge on any atom is -0.296 e. The number of nitrogens with one attached hydrogen (secondary N) is 1. The van der Waals surface area contributed by atoms with Gasteiger partial charge in [-0.25, -0.2) is 0 Å². The van der Waals surface area contributed by atoms with Crippen molar-refractivity contribution >= 4 is 23.2 Å². The van der Waals surface area contributed by atoms with Crippen LogP contribution in [0.3, 0.4) is 0 Å². The summed E-state index contributed by atoms with van der Waals surface area (Å²) in [7, 11) is 0. The van der Waals surface area contributed by atoms with Crippen LogP contribution in [0, 0.1) is 5.92 Å². The summed E-state index contributed by atoms with van der Waals surface area (Å²) in [6.07, 6.45) is 1.06. The molecule has 102 valence electrons. The molecule has 0 spiro atoms. The van der Waals surface area contributed by atoms with Gasteiger partial charge < -0.3 is 0 Å². The molecule has 1 aromatic carbocycles. The molecule has 1 N–H and O–H groups in total. The second-order valence-electron chi connectivity index (χ2n) is 5.03. The van der Waals surface area contributed by atoms with Crippen LogP contribution >= 0.6 is 11.3 Å². The monoisotopic (exact) mass is 285 g/mol. The van der Waals surface area contributed by atoms with Crippen molar-refractivity contribution in [2.24, 2.45) is 5.92 Å². The highest BCUT2D eigenvalue weighted by molar-refractivity contribution is 7.10. The quantitative estimate of drug-likeness (QED) is 0.881. The van der Waals surface area contributed by atoms with Gasteiger partial charge in [0.25, 0.3) is 0 Å². The number of rotatable bonds is 3. The molecule has 1 saturated heterocycles. The van der Waals surface area contributed by atoms with Gasteiger partial charge in [0.1, 0.15) is 0 Å². The first-order valence-corrected chi connectivity index (χ1v) is 7.53. The summed E-state index contributed by atoms with van der Waals surface area (Å²) in [6.45, 7) is 0. The minimum atomic E-state index is -0.172. The average molecular weight is 285 g/mol. The second kappa shape index (κ2) is 5.59. The fourth-order valence-corrected chi connectivity index (χ4v) is 3.60. The van der Waals surface area contributed by atoms with Crippen LogP contribution in [0.2, 0.25) is 0 Å². The summed E-state index contributed by atoms with van der Waals surface area (Å²) in [5.41, 5.74) is 1.13. The summed E-state index contributed by atoms with van der Waals surface area (Å²) >= 11 is 1.62. The summed E-state index contributed by atoms with van der Waals surface area (Å²) < 4.78 is 0. The van der Waals surface area contributed by atoms with Gasteiger partial charge in [0.2, 0.25) is 11.8 Å². The van der Waals surface area contributed by atoms with Crippen LogP contribution in [0.1, 0.15) is 22.8 Å². The molecule has 1 aliphatic heterocycles. The lowest BCUT2D eigenvalue weighted by Gasteiger charge is -2.29. The predicted octanol–water partition coefficient (Wildman–Crippen LogP) is 2.74. The van der Waals surface area contributed by atoms with Crippen molar-refractivity contribution in [1.29, 1.82) is 0 Å². The van der Waals surface area contributed by atoms with E-state index in [1.807, 2.05) is 47.8 Å². The van der Waals surface area contributed by atoms with Crippen molar-refractivity contribution in [3.63, 3.8) is 0 Å². The van der Waals surface area contributed by atoms with E-state index in [-0.39, 0.29) is 23.7 Å². The van der Waals surface area contributed by atoms with Crippen molar-refractivity contribution in [2.75, 3.05) is 0 Å². The first kappa shape index (κ1) is 13.1. The van der Waals surface area contributed by atoms with E-state index in [4.69, 9.17) is 0 Å². The van der Waals surface area contributed by atoms with Gasteiger partial charge in [-0.1, -0.05) is 36.4 Å². The summed E-state index contributed by atoms with van der Waals surface area (Å²) in [4.78, 5) is 25.0. The van der Waals surface area contributed by atoms with Crippen LogP contribution in [-0.2, 0) is 16.0 Å². The Morgan fingerprint density at radius 2 is 1.90 bits per heavy atom. The zero-order chi connectivity index (χ0) is 13.9. The standard InChI is InChI=1S/C16H15NO2S/c18-15-10-12(14-7-4-8-20-14)13(16(19)17-15)9-11-5-2-1-3-6-11/h1-8,12-13H,9-10H2,(H,17,18,19). The molecule has 2 aromatic rings. The van der Waals surface area contributed by atoms with Gasteiger partial charge in [-0.05, 0) is 23.4 Å². The van der Waals surface area contributed by atoms with Crippen LogP contribution < -0.4 is 5.32 Å². The van der Waals surface area contributed by atoms with Crippen LogP contribution in [0.15, 0.2) is 47.8 Å². The molecular weight excluding hydrogens is 270 g/mol. The Morgan fingerprint density at radius 1 is 1.10 bits per heavy atom. The smallest absolute Gasteiger partial charge is 0.230 e. The van der Waals surface area contributed by atoms with Gasteiger partial charge in [0.05, 0.1) is 5.92 Å². The third-order valence-corrected chi connectivity index (χ3v) is 4.70. The van der Waals surface area contributed by atoms with E-state index in [9.17, 15) is 9.59 Å². The first-order valence-electron chi connectivity index (χ1n) is 6.65. The fourth-order valence-electron chi connectivity index (χ4n) is 2.71. The lowest BCUT2D eigenvalue weighted by atomic mass is 9.80. The number of thiophene rings is 1. The maximum atomic E-state index is 12.2. The second-order valence-corrected chi connectivity index (χ2v) is 6.01. The molecule has 0 saturated carbocycles. The molecule has 0 aliphatic carbocycles. The highest BCUT2D eigenvalue weighted by atomic mass is 32.1. The molecule has 20 heavy (non-hydrogen) atoms. The van der Waals surface area contributed by atoms with Gasteiger partial charge in [-0.2, -0.15) is 0 Å². The molecule has 1 aliphatic rings. The van der Waals surface area contributed by atoms with Gasteiger partial charge in [0.15, 0.2) is 0 Å². The average Bonchev–Trinajstić information content (AvgIpc) is 2.96. The van der Waals surface area contributed by atoms with Gasteiger partial charge >= 0.3 is 0 Å². The third kappa shape index (κ3) is 2.65. The summed E-state index contributed by atoms with van der Waals surface area (Å²) in [5.74, 6) is -0.494. The Bertz CT molecular complexity index is 607. The number of imide groups is 1. The Morgan fingerprint density at radius 3 is 2.60 bits per heavy atom. The number of hydrogen-bond acceptors (Lipinski definition) is 3. The molecule has 2 amide bonds. The van der Waals surface area contributed by atoms with Crippen molar-refractivity contribution in [2.45, 2.75) is 18.8 Å². The lowest BCUT2D eigenvalue weighted by Crippen LogP contribution is -2.45. The molecule has 0 bridgehead atoms. The maximum absolute atomic E-state index is 12.2. The molecular formula is C16H15NO2S. The number of piperidine rings is 1. The van der Waals surface area contributed by atoms with Gasteiger partial charge in [-0.3, -0.25) is 14.9 Å². The van der Waals surface area contributed by atoms with E-state index < -0.39 is 0 Å². The number of hydrogen-bond donors (Lipinski definition) is 1. The molecule has 2 unspecified atom stereocenters. The minimum absolute atomic E-state index is 0.00328. The highest BCUT2D eigenvalue weighted by Gasteiger charge is 2.37. The van der Waals surface area contributed by atoms with Crippen molar-refractivity contribution in [3.8, 4) is 0 Å². The van der Waals surface area contributed by atoms with E-state index in [0.717, 1.165) is 10.4 Å². The number of carbonyl (C=O) groups excluding carboxylic acids is 2. The van der Waals surface area contributed by atoms with Crippen molar-refractivity contribution < 1.29 is 9.59 Å². The van der Waals surface area contributed by atoms with Crippen LogP contribution in [0.5, 0.6) is 0 Å². The van der Waals surface area contributed by atoms with Crippen LogP contribution in [0.25, 0.3) is 0 Å². The third-order valence-electron chi connectivity index (χ3n) is 3.70. The summed E-state index contributed by atoms with van der Waals surface area (Å²) in [6, 6.07) is 13.9. The molecule has 1 fully saturated rings. The lowest BCUT2D eigenvalue weighted by molar-refractivity contribution is -0.137. The zero-order valence-electron chi connectivity index (χ0n) is 10.9. The Hall–Kier alpha value is -1.94.